The lowest BCUT2D eigenvalue weighted by Gasteiger charge is -2.21. The van der Waals surface area contributed by atoms with Gasteiger partial charge < -0.3 is 10.1 Å². The number of pyridine rings is 1. The van der Waals surface area contributed by atoms with E-state index in [2.05, 4.69) is 10.3 Å². The van der Waals surface area contributed by atoms with E-state index >= 15 is 0 Å². The molecule has 1 amide bonds. The normalized spacial score (nSPS) is 11.4. The van der Waals surface area contributed by atoms with Crippen LogP contribution in [-0.4, -0.2) is 43.8 Å². The summed E-state index contributed by atoms with van der Waals surface area (Å²) in [7, 11) is -2.80. The first-order valence-electron chi connectivity index (χ1n) is 7.87. The second-order valence-electron chi connectivity index (χ2n) is 5.36. The number of aromatic nitrogens is 1. The van der Waals surface area contributed by atoms with E-state index in [-0.39, 0.29) is 30.3 Å². The largest absolute Gasteiger partial charge is 0.495 e. The summed E-state index contributed by atoms with van der Waals surface area (Å²) in [6.45, 7) is 1.51. The molecule has 0 saturated carbocycles. The minimum Gasteiger partial charge on any atom is -0.495 e. The van der Waals surface area contributed by atoms with Crippen molar-refractivity contribution in [2.24, 2.45) is 0 Å². The van der Waals surface area contributed by atoms with Gasteiger partial charge in [0.2, 0.25) is 15.9 Å². The molecule has 9 heteroatoms. The summed E-state index contributed by atoms with van der Waals surface area (Å²) in [5.41, 5.74) is 0.839. The standard InChI is InChI=1S/C17H20FN3O4S/c1-3-21(12-17(22)20-11-13-6-8-19-9-7-13)26(23,24)16-10-14(18)4-5-15(16)25-2/h4-10H,3,11-12H2,1-2H3,(H,20,22). The lowest BCUT2D eigenvalue weighted by atomic mass is 10.3. The maximum atomic E-state index is 13.5. The fourth-order valence-electron chi connectivity index (χ4n) is 2.28. The maximum absolute atomic E-state index is 13.5. The van der Waals surface area contributed by atoms with Crippen LogP contribution >= 0.6 is 0 Å². The number of ether oxygens (including phenoxy) is 1. The van der Waals surface area contributed by atoms with E-state index in [1.54, 1.807) is 31.5 Å². The molecule has 0 aliphatic rings. The first-order valence-corrected chi connectivity index (χ1v) is 9.31. The molecule has 1 heterocycles. The van der Waals surface area contributed by atoms with Gasteiger partial charge in [-0.05, 0) is 35.9 Å². The predicted octanol–water partition coefficient (Wildman–Crippen LogP) is 1.56. The third-order valence-electron chi connectivity index (χ3n) is 3.66. The highest BCUT2D eigenvalue weighted by atomic mass is 32.2. The Kier molecular flexibility index (Phi) is 6.64. The molecule has 26 heavy (non-hydrogen) atoms. The van der Waals surface area contributed by atoms with Crippen LogP contribution in [-0.2, 0) is 21.4 Å². The second-order valence-corrected chi connectivity index (χ2v) is 7.26. The number of rotatable bonds is 8. The van der Waals surface area contributed by atoms with Crippen molar-refractivity contribution in [3.63, 3.8) is 0 Å². The average Bonchev–Trinajstić information content (AvgIpc) is 2.65. The van der Waals surface area contributed by atoms with Gasteiger partial charge in [0, 0.05) is 25.5 Å². The topological polar surface area (TPSA) is 88.6 Å². The first-order chi connectivity index (χ1) is 12.4. The fraction of sp³-hybridized carbons (Fsp3) is 0.294. The molecule has 0 aliphatic heterocycles. The quantitative estimate of drug-likeness (QED) is 0.750. The molecule has 2 aromatic rings. The summed E-state index contributed by atoms with van der Waals surface area (Å²) >= 11 is 0. The predicted molar refractivity (Wildman–Crippen MR) is 93.5 cm³/mol. The minimum absolute atomic E-state index is 0.0158. The SMILES string of the molecule is CCN(CC(=O)NCc1ccncc1)S(=O)(=O)c1cc(F)ccc1OC. The van der Waals surface area contributed by atoms with Gasteiger partial charge in [-0.15, -0.1) is 0 Å². The van der Waals surface area contributed by atoms with Crippen LogP contribution in [0, 0.1) is 5.82 Å². The van der Waals surface area contributed by atoms with Gasteiger partial charge in [-0.1, -0.05) is 6.92 Å². The van der Waals surface area contributed by atoms with E-state index in [9.17, 15) is 17.6 Å². The lowest BCUT2D eigenvalue weighted by molar-refractivity contribution is -0.121. The molecular formula is C17H20FN3O4S. The Bertz CT molecular complexity index is 860. The van der Waals surface area contributed by atoms with Crippen molar-refractivity contribution >= 4 is 15.9 Å². The highest BCUT2D eigenvalue weighted by Crippen LogP contribution is 2.27. The molecule has 0 atom stereocenters. The molecule has 1 N–H and O–H groups in total. The van der Waals surface area contributed by atoms with Gasteiger partial charge in [0.1, 0.15) is 16.5 Å². The van der Waals surface area contributed by atoms with Crippen molar-refractivity contribution in [1.29, 1.82) is 0 Å². The maximum Gasteiger partial charge on any atom is 0.247 e. The van der Waals surface area contributed by atoms with E-state index < -0.39 is 21.7 Å². The van der Waals surface area contributed by atoms with Crippen molar-refractivity contribution in [2.75, 3.05) is 20.2 Å². The summed E-state index contributed by atoms with van der Waals surface area (Å²) in [6, 6.07) is 6.71. The molecule has 0 bridgehead atoms. The average molecular weight is 381 g/mol. The summed E-state index contributed by atoms with van der Waals surface area (Å²) in [6.07, 6.45) is 3.20. The summed E-state index contributed by atoms with van der Waals surface area (Å²) in [4.78, 5) is 15.7. The number of halogens is 1. The molecule has 7 nitrogen and oxygen atoms in total. The van der Waals surface area contributed by atoms with E-state index in [1.165, 1.54) is 13.2 Å². The number of carbonyl (C=O) groups excluding carboxylic acids is 1. The van der Waals surface area contributed by atoms with Crippen LogP contribution in [0.5, 0.6) is 5.75 Å². The Morgan fingerprint density at radius 1 is 1.27 bits per heavy atom. The number of hydrogen-bond donors (Lipinski definition) is 1. The lowest BCUT2D eigenvalue weighted by Crippen LogP contribution is -2.40. The van der Waals surface area contributed by atoms with Crippen LogP contribution in [0.1, 0.15) is 12.5 Å². The smallest absolute Gasteiger partial charge is 0.247 e. The number of likely N-dealkylation sites (N-methyl/N-ethyl adjacent to an activating group) is 1. The molecule has 2 rings (SSSR count). The number of sulfonamides is 1. The molecule has 0 radical (unpaired) electrons. The molecular weight excluding hydrogens is 361 g/mol. The Balaban J connectivity index is 2.14. The van der Waals surface area contributed by atoms with Gasteiger partial charge in [-0.3, -0.25) is 9.78 Å². The molecule has 140 valence electrons. The molecule has 0 saturated heterocycles. The third-order valence-corrected chi connectivity index (χ3v) is 5.60. The van der Waals surface area contributed by atoms with Crippen LogP contribution in [0.3, 0.4) is 0 Å². The Morgan fingerprint density at radius 3 is 2.58 bits per heavy atom. The molecule has 1 aromatic heterocycles. The van der Waals surface area contributed by atoms with Crippen LogP contribution < -0.4 is 10.1 Å². The number of carbonyl (C=O) groups is 1. The van der Waals surface area contributed by atoms with Crippen molar-refractivity contribution < 1.29 is 22.3 Å². The van der Waals surface area contributed by atoms with Crippen LogP contribution in [0.4, 0.5) is 4.39 Å². The minimum atomic E-state index is -4.10. The molecule has 1 aromatic carbocycles. The number of nitrogens with one attached hydrogen (secondary N) is 1. The number of methoxy groups -OCH3 is 1. The zero-order valence-electron chi connectivity index (χ0n) is 14.5. The van der Waals surface area contributed by atoms with Crippen molar-refractivity contribution in [1.82, 2.24) is 14.6 Å². The van der Waals surface area contributed by atoms with Crippen molar-refractivity contribution in [3.05, 3.63) is 54.1 Å². The zero-order chi connectivity index (χ0) is 19.2. The molecule has 0 aliphatic carbocycles. The zero-order valence-corrected chi connectivity index (χ0v) is 15.3. The molecule has 0 fully saturated rings. The Hall–Kier alpha value is -2.52. The van der Waals surface area contributed by atoms with E-state index in [0.717, 1.165) is 22.0 Å². The Morgan fingerprint density at radius 2 is 1.96 bits per heavy atom. The summed E-state index contributed by atoms with van der Waals surface area (Å²) in [5.74, 6) is -1.16. The van der Waals surface area contributed by atoms with E-state index in [0.29, 0.717) is 0 Å². The number of nitrogens with zero attached hydrogens (tertiary/aromatic N) is 2. The third kappa shape index (κ3) is 4.77. The van der Waals surface area contributed by atoms with Gasteiger partial charge >= 0.3 is 0 Å². The van der Waals surface area contributed by atoms with Gasteiger partial charge in [-0.2, -0.15) is 4.31 Å². The van der Waals surface area contributed by atoms with Crippen LogP contribution in [0.15, 0.2) is 47.6 Å². The van der Waals surface area contributed by atoms with E-state index in [1.807, 2.05) is 0 Å². The van der Waals surface area contributed by atoms with E-state index in [4.69, 9.17) is 4.74 Å². The monoisotopic (exact) mass is 381 g/mol. The van der Waals surface area contributed by atoms with Gasteiger partial charge in [-0.25, -0.2) is 12.8 Å². The summed E-state index contributed by atoms with van der Waals surface area (Å²) < 4.78 is 45.1. The fourth-order valence-corrected chi connectivity index (χ4v) is 3.85. The van der Waals surface area contributed by atoms with Crippen LogP contribution in [0.25, 0.3) is 0 Å². The highest BCUT2D eigenvalue weighted by Gasteiger charge is 2.28. The van der Waals surface area contributed by atoms with Crippen molar-refractivity contribution in [3.8, 4) is 5.75 Å². The van der Waals surface area contributed by atoms with Gasteiger partial charge in [0.05, 0.1) is 13.7 Å². The molecule has 0 spiro atoms. The molecule has 0 unspecified atom stereocenters. The van der Waals surface area contributed by atoms with Crippen molar-refractivity contribution in [2.45, 2.75) is 18.4 Å². The second kappa shape index (κ2) is 8.72. The van der Waals surface area contributed by atoms with Crippen LogP contribution in [0.2, 0.25) is 0 Å². The Labute approximate surface area is 151 Å². The van der Waals surface area contributed by atoms with Gasteiger partial charge in [0.15, 0.2) is 0 Å². The first kappa shape index (κ1) is 19.8. The van der Waals surface area contributed by atoms with Gasteiger partial charge in [0.25, 0.3) is 0 Å². The number of benzene rings is 1. The number of hydrogen-bond acceptors (Lipinski definition) is 5. The highest BCUT2D eigenvalue weighted by molar-refractivity contribution is 7.89. The number of amides is 1. The summed E-state index contributed by atoms with van der Waals surface area (Å²) in [5, 5.41) is 2.65.